The molecule has 0 spiro atoms. The minimum atomic E-state index is -3.49. The van der Waals surface area contributed by atoms with Crippen LogP contribution in [0.15, 0.2) is 17.2 Å². The Labute approximate surface area is 126 Å². The zero-order valence-electron chi connectivity index (χ0n) is 12.6. The molecule has 6 nitrogen and oxygen atoms in total. The summed E-state index contributed by atoms with van der Waals surface area (Å²) in [6.07, 6.45) is 5.25. The first-order chi connectivity index (χ1) is 10.1. The third-order valence-corrected chi connectivity index (χ3v) is 5.37. The molecule has 1 aliphatic heterocycles. The summed E-state index contributed by atoms with van der Waals surface area (Å²) >= 11 is 0. The molecule has 1 fully saturated rings. The molecule has 2 rings (SSSR count). The number of nitrogens with one attached hydrogen (secondary N) is 1. The smallest absolute Gasteiger partial charge is 0.242 e. The molecule has 0 aromatic carbocycles. The van der Waals surface area contributed by atoms with E-state index in [0.717, 1.165) is 19.6 Å². The summed E-state index contributed by atoms with van der Waals surface area (Å²) in [5.41, 5.74) is 0.619. The Morgan fingerprint density at radius 2 is 2.00 bits per heavy atom. The van der Waals surface area contributed by atoms with E-state index < -0.39 is 10.0 Å². The molecule has 0 bridgehead atoms. The van der Waals surface area contributed by atoms with E-state index in [2.05, 4.69) is 9.62 Å². The molecule has 2 N–H and O–H groups in total. The highest BCUT2D eigenvalue weighted by molar-refractivity contribution is 7.89. The van der Waals surface area contributed by atoms with Gasteiger partial charge in [-0.1, -0.05) is 6.42 Å². The number of nitrogens with zero attached hydrogens (tertiary/aromatic N) is 2. The van der Waals surface area contributed by atoms with Crippen LogP contribution in [0, 0.1) is 0 Å². The third-order valence-electron chi connectivity index (χ3n) is 3.94. The molecule has 21 heavy (non-hydrogen) atoms. The molecular weight excluding hydrogens is 290 g/mol. The van der Waals surface area contributed by atoms with Crippen LogP contribution in [0.25, 0.3) is 0 Å². The summed E-state index contributed by atoms with van der Waals surface area (Å²) in [6, 6.07) is 1.53. The number of rotatable bonds is 7. The van der Waals surface area contributed by atoms with E-state index in [9.17, 15) is 13.5 Å². The summed E-state index contributed by atoms with van der Waals surface area (Å²) < 4.78 is 28.9. The van der Waals surface area contributed by atoms with Crippen molar-refractivity contribution in [2.75, 3.05) is 26.2 Å². The topological polar surface area (TPSA) is 74.6 Å². The van der Waals surface area contributed by atoms with Gasteiger partial charge < -0.3 is 14.6 Å². The zero-order valence-corrected chi connectivity index (χ0v) is 13.4. The van der Waals surface area contributed by atoms with Crippen LogP contribution in [0.2, 0.25) is 0 Å². The van der Waals surface area contributed by atoms with E-state index in [0.29, 0.717) is 18.8 Å². The summed E-state index contributed by atoms with van der Waals surface area (Å²) in [5, 5.41) is 9.23. The molecule has 7 heteroatoms. The second kappa shape index (κ2) is 7.40. The maximum atomic E-state index is 12.2. The summed E-state index contributed by atoms with van der Waals surface area (Å²) in [6.45, 7) is 5.69. The van der Waals surface area contributed by atoms with Gasteiger partial charge in [0.05, 0.1) is 11.5 Å². The van der Waals surface area contributed by atoms with Crippen molar-refractivity contribution in [3.8, 4) is 0 Å². The minimum Gasteiger partial charge on any atom is -0.390 e. The van der Waals surface area contributed by atoms with Crippen molar-refractivity contribution in [3.05, 3.63) is 18.0 Å². The van der Waals surface area contributed by atoms with Gasteiger partial charge in [-0.15, -0.1) is 0 Å². The van der Waals surface area contributed by atoms with Gasteiger partial charge in [0.2, 0.25) is 10.0 Å². The first-order valence-electron chi connectivity index (χ1n) is 7.58. The van der Waals surface area contributed by atoms with Gasteiger partial charge in [0.15, 0.2) is 0 Å². The van der Waals surface area contributed by atoms with Crippen molar-refractivity contribution in [2.45, 2.75) is 44.2 Å². The fourth-order valence-corrected chi connectivity index (χ4v) is 3.79. The van der Waals surface area contributed by atoms with Crippen molar-refractivity contribution in [1.82, 2.24) is 14.2 Å². The van der Waals surface area contributed by atoms with Crippen molar-refractivity contribution in [3.63, 3.8) is 0 Å². The highest BCUT2D eigenvalue weighted by Crippen LogP contribution is 2.14. The van der Waals surface area contributed by atoms with Gasteiger partial charge in [-0.05, 0) is 38.9 Å². The molecule has 0 saturated carbocycles. The Balaban J connectivity index is 1.93. The van der Waals surface area contributed by atoms with E-state index in [1.54, 1.807) is 10.8 Å². The van der Waals surface area contributed by atoms with Crippen LogP contribution in [-0.4, -0.2) is 49.2 Å². The second-order valence-corrected chi connectivity index (χ2v) is 7.18. The maximum Gasteiger partial charge on any atom is 0.242 e. The molecule has 1 aromatic heterocycles. The Kier molecular flexibility index (Phi) is 5.80. The Hall–Kier alpha value is -0.890. The number of sulfonamides is 1. The normalized spacial score (nSPS) is 17.2. The van der Waals surface area contributed by atoms with E-state index in [1.807, 2.05) is 6.92 Å². The Morgan fingerprint density at radius 3 is 2.57 bits per heavy atom. The number of aromatic nitrogens is 1. The van der Waals surface area contributed by atoms with Gasteiger partial charge in [0.1, 0.15) is 0 Å². The van der Waals surface area contributed by atoms with E-state index in [1.165, 1.54) is 25.3 Å². The number of piperidine rings is 1. The Morgan fingerprint density at radius 1 is 1.29 bits per heavy atom. The highest BCUT2D eigenvalue weighted by Gasteiger charge is 2.18. The van der Waals surface area contributed by atoms with Crippen molar-refractivity contribution in [2.24, 2.45) is 0 Å². The number of likely N-dealkylation sites (tertiary alicyclic amines) is 1. The molecule has 0 aliphatic carbocycles. The number of aryl methyl sites for hydroxylation is 1. The quantitative estimate of drug-likeness (QED) is 0.779. The predicted octanol–water partition coefficient (Wildman–Crippen LogP) is 0.764. The molecule has 0 amide bonds. The second-order valence-electron chi connectivity index (χ2n) is 5.41. The average Bonchev–Trinajstić information content (AvgIpc) is 2.92. The van der Waals surface area contributed by atoms with Crippen LogP contribution in [0.1, 0.15) is 31.9 Å². The van der Waals surface area contributed by atoms with Gasteiger partial charge in [0.25, 0.3) is 0 Å². The average molecular weight is 315 g/mol. The van der Waals surface area contributed by atoms with Gasteiger partial charge in [-0.25, -0.2) is 13.1 Å². The van der Waals surface area contributed by atoms with Crippen molar-refractivity contribution < 1.29 is 13.5 Å². The van der Waals surface area contributed by atoms with Gasteiger partial charge >= 0.3 is 0 Å². The third kappa shape index (κ3) is 4.29. The maximum absolute atomic E-state index is 12.2. The zero-order chi connectivity index (χ0) is 15.3. The number of aliphatic hydroxyl groups is 1. The van der Waals surface area contributed by atoms with Crippen LogP contribution in [0.5, 0.6) is 0 Å². The van der Waals surface area contributed by atoms with E-state index >= 15 is 0 Å². The van der Waals surface area contributed by atoms with Crippen LogP contribution in [0.3, 0.4) is 0 Å². The molecule has 0 atom stereocenters. The molecule has 1 aliphatic rings. The van der Waals surface area contributed by atoms with Crippen LogP contribution < -0.4 is 4.72 Å². The Bertz CT molecular complexity index is 526. The molecule has 1 saturated heterocycles. The number of hydrogen-bond donors (Lipinski definition) is 2. The van der Waals surface area contributed by atoms with Gasteiger partial charge in [-0.3, -0.25) is 0 Å². The van der Waals surface area contributed by atoms with Crippen LogP contribution >= 0.6 is 0 Å². The largest absolute Gasteiger partial charge is 0.390 e. The SMILES string of the molecule is CCn1cc(S(=O)(=O)NCCN2CCCCC2)cc1CO. The summed E-state index contributed by atoms with van der Waals surface area (Å²) in [5.74, 6) is 0. The fourth-order valence-electron chi connectivity index (χ4n) is 2.70. The summed E-state index contributed by atoms with van der Waals surface area (Å²) in [4.78, 5) is 2.52. The fraction of sp³-hybridized carbons (Fsp3) is 0.714. The first-order valence-corrected chi connectivity index (χ1v) is 9.07. The summed E-state index contributed by atoms with van der Waals surface area (Å²) in [7, 11) is -3.49. The minimum absolute atomic E-state index is 0.156. The molecule has 0 radical (unpaired) electrons. The molecule has 2 heterocycles. The predicted molar refractivity (Wildman–Crippen MR) is 81.5 cm³/mol. The monoisotopic (exact) mass is 315 g/mol. The van der Waals surface area contributed by atoms with Gasteiger partial charge in [0, 0.05) is 31.5 Å². The highest BCUT2D eigenvalue weighted by atomic mass is 32.2. The molecule has 120 valence electrons. The lowest BCUT2D eigenvalue weighted by atomic mass is 10.1. The standard InChI is InChI=1S/C14H25N3O3S/c1-2-17-11-14(10-13(17)12-18)21(19,20)15-6-9-16-7-4-3-5-8-16/h10-11,15,18H,2-9,12H2,1H3. The van der Waals surface area contributed by atoms with E-state index in [4.69, 9.17) is 0 Å². The molecule has 1 aromatic rings. The number of aliphatic hydroxyl groups excluding tert-OH is 1. The lowest BCUT2D eigenvalue weighted by Crippen LogP contribution is -2.37. The molecule has 0 unspecified atom stereocenters. The lowest BCUT2D eigenvalue weighted by molar-refractivity contribution is 0.233. The number of hydrogen-bond acceptors (Lipinski definition) is 4. The molecular formula is C14H25N3O3S. The first kappa shape index (κ1) is 16.5. The van der Waals surface area contributed by atoms with E-state index in [-0.39, 0.29) is 11.5 Å². The van der Waals surface area contributed by atoms with Crippen molar-refractivity contribution >= 4 is 10.0 Å². The van der Waals surface area contributed by atoms with Crippen molar-refractivity contribution in [1.29, 1.82) is 0 Å². The van der Waals surface area contributed by atoms with Crippen LogP contribution in [0.4, 0.5) is 0 Å². The van der Waals surface area contributed by atoms with Gasteiger partial charge in [-0.2, -0.15) is 0 Å². The lowest BCUT2D eigenvalue weighted by Gasteiger charge is -2.26. The van der Waals surface area contributed by atoms with Crippen LogP contribution in [-0.2, 0) is 23.2 Å².